The van der Waals surface area contributed by atoms with Crippen LogP contribution in [0.15, 0.2) is 0 Å². The summed E-state index contributed by atoms with van der Waals surface area (Å²) in [4.78, 5) is 4.03. The molecule has 0 heterocycles. The van der Waals surface area contributed by atoms with E-state index in [2.05, 4.69) is 25.7 Å². The quantitative estimate of drug-likeness (QED) is 0.324. The van der Waals surface area contributed by atoms with Crippen molar-refractivity contribution in [1.82, 2.24) is 0 Å². The second kappa shape index (κ2) is 10.1. The highest BCUT2D eigenvalue weighted by atomic mass is 17.1. The zero-order valence-corrected chi connectivity index (χ0v) is 11.4. The molecule has 0 radical (unpaired) electrons. The van der Waals surface area contributed by atoms with Crippen molar-refractivity contribution in [2.45, 2.75) is 78.6 Å². The van der Waals surface area contributed by atoms with Crippen LogP contribution in [-0.4, -0.2) is 11.9 Å². The summed E-state index contributed by atoms with van der Waals surface area (Å²) >= 11 is 0. The second-order valence-corrected chi connectivity index (χ2v) is 5.97. The Morgan fingerprint density at radius 1 is 0.750 bits per heavy atom. The van der Waals surface area contributed by atoms with Gasteiger partial charge in [0, 0.05) is 0 Å². The van der Waals surface area contributed by atoms with Crippen molar-refractivity contribution >= 4 is 0 Å². The molecule has 0 aliphatic rings. The van der Waals surface area contributed by atoms with Crippen LogP contribution in [0.2, 0.25) is 0 Å². The molecule has 0 spiro atoms. The van der Waals surface area contributed by atoms with Gasteiger partial charge in [-0.05, 0) is 18.3 Å². The Bertz CT molecular complexity index is 138. The van der Waals surface area contributed by atoms with Gasteiger partial charge >= 0.3 is 0 Å². The largest absolute Gasteiger partial charge is 0.252 e. The number of rotatable bonds is 10. The predicted octanol–water partition coefficient (Wildman–Crippen LogP) is 5.03. The summed E-state index contributed by atoms with van der Waals surface area (Å²) in [6.45, 7) is 7.44. The Morgan fingerprint density at radius 3 is 1.62 bits per heavy atom. The third-order valence-corrected chi connectivity index (χ3v) is 2.91. The first-order chi connectivity index (χ1) is 7.56. The lowest BCUT2D eigenvalue weighted by molar-refractivity contribution is -0.242. The fourth-order valence-electron chi connectivity index (χ4n) is 1.88. The van der Waals surface area contributed by atoms with E-state index in [0.29, 0.717) is 12.0 Å². The molecular formula is C14H30O2. The molecule has 0 fully saturated rings. The minimum Gasteiger partial charge on any atom is -0.252 e. The minimum absolute atomic E-state index is 0.492. The van der Waals surface area contributed by atoms with Crippen LogP contribution in [0, 0.1) is 5.41 Å². The summed E-state index contributed by atoms with van der Waals surface area (Å²) < 4.78 is 0. The maximum absolute atomic E-state index is 8.13. The third kappa shape index (κ3) is 13.9. The van der Waals surface area contributed by atoms with E-state index in [1.165, 1.54) is 51.4 Å². The molecule has 0 aromatic rings. The van der Waals surface area contributed by atoms with Gasteiger partial charge in [-0.1, -0.05) is 65.7 Å². The van der Waals surface area contributed by atoms with Crippen molar-refractivity contribution in [3.63, 3.8) is 0 Å². The topological polar surface area (TPSA) is 29.5 Å². The standard InChI is InChI=1S/C14H30O2/c1-14(2,3)12-10-8-6-4-5-7-9-11-13-16-15/h15H,4-13H2,1-3H3. The number of hydrogen-bond acceptors (Lipinski definition) is 2. The van der Waals surface area contributed by atoms with Gasteiger partial charge in [0.25, 0.3) is 0 Å². The second-order valence-electron chi connectivity index (χ2n) is 5.97. The van der Waals surface area contributed by atoms with E-state index in [4.69, 9.17) is 5.26 Å². The molecule has 0 aliphatic heterocycles. The summed E-state index contributed by atoms with van der Waals surface area (Å²) in [6.07, 6.45) is 11.6. The fraction of sp³-hybridized carbons (Fsp3) is 1.00. The first-order valence-electron chi connectivity index (χ1n) is 6.82. The van der Waals surface area contributed by atoms with E-state index >= 15 is 0 Å². The van der Waals surface area contributed by atoms with Crippen molar-refractivity contribution in [3.8, 4) is 0 Å². The zero-order valence-electron chi connectivity index (χ0n) is 11.4. The lowest BCUT2D eigenvalue weighted by Gasteiger charge is -2.17. The van der Waals surface area contributed by atoms with E-state index < -0.39 is 0 Å². The van der Waals surface area contributed by atoms with Crippen LogP contribution < -0.4 is 0 Å². The summed E-state index contributed by atoms with van der Waals surface area (Å²) in [5, 5.41) is 8.13. The summed E-state index contributed by atoms with van der Waals surface area (Å²) in [7, 11) is 0. The Kier molecular flexibility index (Phi) is 10.0. The van der Waals surface area contributed by atoms with E-state index in [1.54, 1.807) is 0 Å². The summed E-state index contributed by atoms with van der Waals surface area (Å²) in [6, 6.07) is 0. The van der Waals surface area contributed by atoms with Gasteiger partial charge < -0.3 is 0 Å². The molecule has 0 amide bonds. The Labute approximate surface area is 101 Å². The first kappa shape index (κ1) is 15.9. The van der Waals surface area contributed by atoms with Crippen LogP contribution in [0.3, 0.4) is 0 Å². The van der Waals surface area contributed by atoms with Crippen molar-refractivity contribution in [2.75, 3.05) is 6.61 Å². The molecule has 0 atom stereocenters. The lowest BCUT2D eigenvalue weighted by Crippen LogP contribution is -2.03. The zero-order chi connectivity index (χ0) is 12.3. The molecule has 0 rings (SSSR count). The Hall–Kier alpha value is -0.0800. The van der Waals surface area contributed by atoms with Gasteiger partial charge in [-0.25, -0.2) is 4.89 Å². The van der Waals surface area contributed by atoms with Gasteiger partial charge in [0.15, 0.2) is 0 Å². The van der Waals surface area contributed by atoms with Crippen LogP contribution in [0.4, 0.5) is 0 Å². The number of hydrogen-bond donors (Lipinski definition) is 1. The van der Waals surface area contributed by atoms with Crippen molar-refractivity contribution in [3.05, 3.63) is 0 Å². The SMILES string of the molecule is CC(C)(C)CCCCCCCCCCOO. The van der Waals surface area contributed by atoms with E-state index in [-0.39, 0.29) is 0 Å². The minimum atomic E-state index is 0.492. The molecule has 0 saturated carbocycles. The summed E-state index contributed by atoms with van der Waals surface area (Å²) in [5.74, 6) is 0. The molecule has 1 N–H and O–H groups in total. The van der Waals surface area contributed by atoms with Crippen LogP contribution in [0.1, 0.15) is 78.6 Å². The molecule has 0 unspecified atom stereocenters. The van der Waals surface area contributed by atoms with Gasteiger partial charge in [-0.3, -0.25) is 5.26 Å². The molecule has 0 aromatic carbocycles. The molecule has 16 heavy (non-hydrogen) atoms. The number of unbranched alkanes of at least 4 members (excludes halogenated alkanes) is 7. The smallest absolute Gasteiger partial charge is 0.0819 e. The average Bonchev–Trinajstić information content (AvgIpc) is 2.19. The Balaban J connectivity index is 2.99. The molecule has 2 nitrogen and oxygen atoms in total. The highest BCUT2D eigenvalue weighted by Gasteiger charge is 2.08. The monoisotopic (exact) mass is 230 g/mol. The van der Waals surface area contributed by atoms with E-state index in [1.807, 2.05) is 0 Å². The van der Waals surface area contributed by atoms with Crippen molar-refractivity contribution in [1.29, 1.82) is 0 Å². The first-order valence-corrected chi connectivity index (χ1v) is 6.82. The van der Waals surface area contributed by atoms with Crippen molar-refractivity contribution < 1.29 is 10.1 Å². The Morgan fingerprint density at radius 2 is 1.19 bits per heavy atom. The fourth-order valence-corrected chi connectivity index (χ4v) is 1.88. The van der Waals surface area contributed by atoms with Gasteiger partial charge in [0.2, 0.25) is 0 Å². The molecule has 0 aromatic heterocycles. The van der Waals surface area contributed by atoms with Crippen LogP contribution in [0.25, 0.3) is 0 Å². The third-order valence-electron chi connectivity index (χ3n) is 2.91. The van der Waals surface area contributed by atoms with E-state index in [9.17, 15) is 0 Å². The highest BCUT2D eigenvalue weighted by molar-refractivity contribution is 4.60. The van der Waals surface area contributed by atoms with Crippen LogP contribution in [0.5, 0.6) is 0 Å². The molecular weight excluding hydrogens is 200 g/mol. The molecule has 0 saturated heterocycles. The molecule has 98 valence electrons. The normalized spacial score (nSPS) is 12.0. The molecule has 2 heteroatoms. The van der Waals surface area contributed by atoms with Gasteiger partial charge in [0.05, 0.1) is 6.61 Å². The van der Waals surface area contributed by atoms with Crippen LogP contribution >= 0.6 is 0 Å². The van der Waals surface area contributed by atoms with Gasteiger partial charge in [-0.15, -0.1) is 0 Å². The average molecular weight is 230 g/mol. The van der Waals surface area contributed by atoms with Crippen molar-refractivity contribution in [2.24, 2.45) is 5.41 Å². The maximum Gasteiger partial charge on any atom is 0.0819 e. The van der Waals surface area contributed by atoms with Gasteiger partial charge in [0.1, 0.15) is 0 Å². The summed E-state index contributed by atoms with van der Waals surface area (Å²) in [5.41, 5.74) is 0.504. The van der Waals surface area contributed by atoms with E-state index in [0.717, 1.165) is 6.42 Å². The molecule has 0 bridgehead atoms. The van der Waals surface area contributed by atoms with Crippen LogP contribution in [-0.2, 0) is 4.89 Å². The maximum atomic E-state index is 8.13. The molecule has 0 aliphatic carbocycles. The lowest BCUT2D eigenvalue weighted by atomic mass is 9.89. The highest BCUT2D eigenvalue weighted by Crippen LogP contribution is 2.22. The predicted molar refractivity (Wildman–Crippen MR) is 69.6 cm³/mol. The van der Waals surface area contributed by atoms with Gasteiger partial charge in [-0.2, -0.15) is 0 Å².